The Kier molecular flexibility index (Phi) is 5.33. The number of hydrogen-bond donors (Lipinski definition) is 1. The number of nitrogens with zero attached hydrogens (tertiary/aromatic N) is 1. The number of carbonyl (C=O) groups is 1. The highest BCUT2D eigenvalue weighted by Gasteiger charge is 2.17. The van der Waals surface area contributed by atoms with E-state index in [0.29, 0.717) is 41.7 Å². The number of nitriles is 1. The van der Waals surface area contributed by atoms with Gasteiger partial charge in [-0.1, -0.05) is 11.6 Å². The van der Waals surface area contributed by atoms with Crippen molar-refractivity contribution in [2.24, 2.45) is 0 Å². The number of benzene rings is 1. The Labute approximate surface area is 126 Å². The second-order valence-corrected chi connectivity index (χ2v) is 5.72. The molecule has 1 aromatic carbocycles. The lowest BCUT2D eigenvalue weighted by Crippen LogP contribution is -2.23. The second kappa shape index (κ2) is 7.22. The predicted molar refractivity (Wildman–Crippen MR) is 78.1 cm³/mol. The van der Waals surface area contributed by atoms with Crippen LogP contribution in [0.3, 0.4) is 0 Å². The van der Waals surface area contributed by atoms with Crippen LogP contribution in [0.1, 0.15) is 12.8 Å². The lowest BCUT2D eigenvalue weighted by atomic mass is 10.2. The zero-order valence-electron chi connectivity index (χ0n) is 10.7. The first-order valence-electron chi connectivity index (χ1n) is 6.13. The van der Waals surface area contributed by atoms with Crippen molar-refractivity contribution in [2.45, 2.75) is 17.7 Å². The maximum Gasteiger partial charge on any atom is 0.227 e. The Bertz CT molecular complexity index is 564. The molecule has 0 aliphatic carbocycles. The summed E-state index contributed by atoms with van der Waals surface area (Å²) in [5.41, 5.74) is 0.503. The molecule has 6 heteroatoms. The summed E-state index contributed by atoms with van der Waals surface area (Å²) in [4.78, 5) is 12.8. The summed E-state index contributed by atoms with van der Waals surface area (Å²) in [6, 6.07) is 9.50. The van der Waals surface area contributed by atoms with Gasteiger partial charge in [-0.05, 0) is 24.3 Å². The number of halogens is 1. The molecule has 0 fully saturated rings. The highest BCUT2D eigenvalue weighted by molar-refractivity contribution is 7.99. The van der Waals surface area contributed by atoms with Gasteiger partial charge >= 0.3 is 0 Å². The van der Waals surface area contributed by atoms with Crippen LogP contribution < -0.4 is 5.32 Å². The van der Waals surface area contributed by atoms with E-state index in [4.69, 9.17) is 21.6 Å². The Hall–Kier alpha value is -1.64. The molecule has 0 unspecified atom stereocenters. The van der Waals surface area contributed by atoms with E-state index in [0.717, 1.165) is 4.90 Å². The largest absolute Gasteiger partial charge is 0.478 e. The Morgan fingerprint density at radius 3 is 2.90 bits per heavy atom. The first-order valence-corrected chi connectivity index (χ1v) is 7.49. The maximum atomic E-state index is 11.7. The normalized spacial score (nSPS) is 13.8. The fourth-order valence-electron chi connectivity index (χ4n) is 1.66. The Morgan fingerprint density at radius 1 is 1.45 bits per heavy atom. The van der Waals surface area contributed by atoms with Crippen molar-refractivity contribution in [3.05, 3.63) is 40.7 Å². The van der Waals surface area contributed by atoms with E-state index in [1.807, 2.05) is 30.3 Å². The van der Waals surface area contributed by atoms with Crippen molar-refractivity contribution >= 4 is 29.3 Å². The van der Waals surface area contributed by atoms with Crippen molar-refractivity contribution in [3.63, 3.8) is 0 Å². The van der Waals surface area contributed by atoms with E-state index in [9.17, 15) is 4.79 Å². The number of carbonyl (C=O) groups excluding carboxylic acids is 1. The quantitative estimate of drug-likeness (QED) is 0.849. The number of thioether (sulfide) groups is 1. The molecule has 1 N–H and O–H groups in total. The summed E-state index contributed by atoms with van der Waals surface area (Å²) >= 11 is 7.38. The minimum atomic E-state index is -0.142. The zero-order valence-corrected chi connectivity index (χ0v) is 12.3. The minimum absolute atomic E-state index is 0.142. The van der Waals surface area contributed by atoms with Gasteiger partial charge in [-0.15, -0.1) is 11.8 Å². The van der Waals surface area contributed by atoms with Crippen LogP contribution in [0.25, 0.3) is 0 Å². The number of hydrogen-bond acceptors (Lipinski definition) is 4. The van der Waals surface area contributed by atoms with Crippen molar-refractivity contribution < 1.29 is 9.53 Å². The van der Waals surface area contributed by atoms with Gasteiger partial charge in [-0.2, -0.15) is 5.26 Å². The van der Waals surface area contributed by atoms with E-state index < -0.39 is 0 Å². The topological polar surface area (TPSA) is 62.1 Å². The van der Waals surface area contributed by atoms with Crippen LogP contribution in [0, 0.1) is 11.3 Å². The molecule has 1 heterocycles. The number of nitrogens with one attached hydrogen (secondary N) is 1. The van der Waals surface area contributed by atoms with E-state index in [1.165, 1.54) is 0 Å². The molecule has 0 radical (unpaired) electrons. The summed E-state index contributed by atoms with van der Waals surface area (Å²) in [5, 5.41) is 12.2. The summed E-state index contributed by atoms with van der Waals surface area (Å²) in [6.07, 6.45) is 0.921. The monoisotopic (exact) mass is 308 g/mol. The van der Waals surface area contributed by atoms with Gasteiger partial charge in [0.2, 0.25) is 11.8 Å². The van der Waals surface area contributed by atoms with Crippen LogP contribution in [0.4, 0.5) is 0 Å². The SMILES string of the molecule is N#CC1=C(NC(=O)CCSc2ccc(Cl)cc2)OCC1. The maximum absolute atomic E-state index is 11.7. The fourth-order valence-corrected chi connectivity index (χ4v) is 2.63. The number of ether oxygens (including phenoxy) is 1. The molecule has 1 aliphatic rings. The molecule has 1 amide bonds. The summed E-state index contributed by atoms with van der Waals surface area (Å²) < 4.78 is 5.21. The molecular weight excluding hydrogens is 296 g/mol. The molecule has 0 saturated heterocycles. The fraction of sp³-hybridized carbons (Fsp3) is 0.286. The van der Waals surface area contributed by atoms with Crippen molar-refractivity contribution in [3.8, 4) is 6.07 Å². The van der Waals surface area contributed by atoms with Gasteiger partial charge in [0.25, 0.3) is 0 Å². The smallest absolute Gasteiger partial charge is 0.227 e. The van der Waals surface area contributed by atoms with Crippen LogP contribution in [0.5, 0.6) is 0 Å². The number of rotatable bonds is 5. The van der Waals surface area contributed by atoms with Crippen LogP contribution in [0.2, 0.25) is 5.02 Å². The molecule has 2 rings (SSSR count). The van der Waals surface area contributed by atoms with E-state index in [2.05, 4.69) is 5.32 Å². The molecule has 0 aromatic heterocycles. The molecule has 0 saturated carbocycles. The molecule has 0 bridgehead atoms. The highest BCUT2D eigenvalue weighted by atomic mass is 35.5. The third kappa shape index (κ3) is 4.19. The Morgan fingerprint density at radius 2 is 2.20 bits per heavy atom. The van der Waals surface area contributed by atoms with Crippen LogP contribution in [-0.4, -0.2) is 18.3 Å². The van der Waals surface area contributed by atoms with Gasteiger partial charge in [0.1, 0.15) is 6.07 Å². The average Bonchev–Trinajstić information content (AvgIpc) is 2.88. The molecule has 20 heavy (non-hydrogen) atoms. The van der Waals surface area contributed by atoms with Crippen LogP contribution in [-0.2, 0) is 9.53 Å². The van der Waals surface area contributed by atoms with Crippen molar-refractivity contribution in [1.82, 2.24) is 5.32 Å². The van der Waals surface area contributed by atoms with Crippen LogP contribution in [0.15, 0.2) is 40.6 Å². The van der Waals surface area contributed by atoms with E-state index in [1.54, 1.807) is 11.8 Å². The molecule has 104 valence electrons. The van der Waals surface area contributed by atoms with Gasteiger partial charge in [-0.25, -0.2) is 0 Å². The first-order chi connectivity index (χ1) is 9.69. The van der Waals surface area contributed by atoms with Crippen molar-refractivity contribution in [2.75, 3.05) is 12.4 Å². The Balaban J connectivity index is 1.76. The minimum Gasteiger partial charge on any atom is -0.478 e. The van der Waals surface area contributed by atoms with Crippen LogP contribution >= 0.6 is 23.4 Å². The molecule has 0 atom stereocenters. The van der Waals surface area contributed by atoms with Gasteiger partial charge < -0.3 is 4.74 Å². The third-order valence-electron chi connectivity index (χ3n) is 2.67. The van der Waals surface area contributed by atoms with Gasteiger partial charge in [0.15, 0.2) is 0 Å². The van der Waals surface area contributed by atoms with Crippen molar-refractivity contribution in [1.29, 1.82) is 5.26 Å². The van der Waals surface area contributed by atoms with E-state index in [-0.39, 0.29) is 5.91 Å². The molecular formula is C14H13ClN2O2S. The molecule has 4 nitrogen and oxygen atoms in total. The van der Waals surface area contributed by atoms with Gasteiger partial charge in [-0.3, -0.25) is 10.1 Å². The standard InChI is InChI=1S/C14H13ClN2O2S/c15-11-1-3-12(4-2-11)20-8-6-13(18)17-14-10(9-16)5-7-19-14/h1-4H,5-8H2,(H,17,18). The van der Waals surface area contributed by atoms with Gasteiger partial charge in [0, 0.05) is 28.5 Å². The highest BCUT2D eigenvalue weighted by Crippen LogP contribution is 2.21. The summed E-state index contributed by atoms with van der Waals surface area (Å²) in [6.45, 7) is 0.456. The predicted octanol–water partition coefficient (Wildman–Crippen LogP) is 3.09. The van der Waals surface area contributed by atoms with Gasteiger partial charge in [0.05, 0.1) is 12.2 Å². The second-order valence-electron chi connectivity index (χ2n) is 4.12. The van der Waals surface area contributed by atoms with E-state index >= 15 is 0 Å². The number of amides is 1. The molecule has 1 aromatic rings. The zero-order chi connectivity index (χ0) is 14.4. The summed E-state index contributed by atoms with van der Waals surface area (Å²) in [7, 11) is 0. The molecule has 1 aliphatic heterocycles. The third-order valence-corrected chi connectivity index (χ3v) is 3.94. The lowest BCUT2D eigenvalue weighted by Gasteiger charge is -2.06. The lowest BCUT2D eigenvalue weighted by molar-refractivity contribution is -0.120. The average molecular weight is 309 g/mol. The first kappa shape index (κ1) is 14.8. The summed E-state index contributed by atoms with van der Waals surface area (Å²) in [5.74, 6) is 0.827. The molecule has 0 spiro atoms.